The summed E-state index contributed by atoms with van der Waals surface area (Å²) >= 11 is 0. The lowest BCUT2D eigenvalue weighted by molar-refractivity contribution is -0.150. The molecular weight excluding hydrogens is 384 g/mol. The van der Waals surface area contributed by atoms with Crippen molar-refractivity contribution in [3.63, 3.8) is 0 Å². The minimum Gasteiger partial charge on any atom is -0.481 e. The van der Waals surface area contributed by atoms with E-state index in [2.05, 4.69) is 0 Å². The third-order valence-corrected chi connectivity index (χ3v) is 5.34. The molecule has 0 saturated carbocycles. The number of carbonyl (C=O) groups is 3. The van der Waals surface area contributed by atoms with Gasteiger partial charge in [-0.2, -0.15) is 0 Å². The van der Waals surface area contributed by atoms with Crippen LogP contribution in [0.2, 0.25) is 0 Å². The molecule has 0 heterocycles. The van der Waals surface area contributed by atoms with E-state index in [0.717, 1.165) is 0 Å². The maximum absolute atomic E-state index is 12.9. The van der Waals surface area contributed by atoms with Crippen LogP contribution >= 0.6 is 0 Å². The van der Waals surface area contributed by atoms with E-state index in [1.54, 1.807) is 48.5 Å². The fourth-order valence-electron chi connectivity index (χ4n) is 3.95. The van der Waals surface area contributed by atoms with Crippen molar-refractivity contribution < 1.29 is 29.3 Å². The van der Waals surface area contributed by atoms with Gasteiger partial charge in [0, 0.05) is 19.3 Å². The number of aliphatic carboxylic acids is 2. The number of carboxylic acid groups (broad SMARTS) is 2. The summed E-state index contributed by atoms with van der Waals surface area (Å²) in [7, 11) is 0. The highest BCUT2D eigenvalue weighted by molar-refractivity contribution is 5.86. The molecule has 6 nitrogen and oxygen atoms in total. The maximum atomic E-state index is 12.9. The Morgan fingerprint density at radius 3 is 1.83 bits per heavy atom. The van der Waals surface area contributed by atoms with Crippen LogP contribution in [0.5, 0.6) is 0 Å². The first-order valence-corrected chi connectivity index (χ1v) is 10.1. The van der Waals surface area contributed by atoms with Gasteiger partial charge < -0.3 is 14.9 Å². The van der Waals surface area contributed by atoms with Crippen molar-refractivity contribution in [3.8, 4) is 0 Å². The average molecular weight is 412 g/mol. The molecule has 6 heteroatoms. The van der Waals surface area contributed by atoms with Crippen LogP contribution in [-0.2, 0) is 24.5 Å². The van der Waals surface area contributed by atoms with Gasteiger partial charge in [0.1, 0.15) is 5.41 Å². The molecule has 2 rings (SSSR count). The van der Waals surface area contributed by atoms with Crippen LogP contribution in [0.3, 0.4) is 0 Å². The highest BCUT2D eigenvalue weighted by atomic mass is 16.5. The van der Waals surface area contributed by atoms with Crippen molar-refractivity contribution in [2.45, 2.75) is 44.4 Å². The fraction of sp³-hybridized carbons (Fsp3) is 0.375. The summed E-state index contributed by atoms with van der Waals surface area (Å²) in [6.45, 7) is 1.27. The number of hydrogen-bond donors (Lipinski definition) is 2. The van der Waals surface area contributed by atoms with Gasteiger partial charge in [-0.25, -0.2) is 0 Å². The lowest BCUT2D eigenvalue weighted by atomic mass is 9.64. The lowest BCUT2D eigenvalue weighted by Crippen LogP contribution is -2.46. The molecule has 2 aromatic carbocycles. The Kier molecular flexibility index (Phi) is 8.59. The van der Waals surface area contributed by atoms with Gasteiger partial charge in [0.15, 0.2) is 0 Å². The number of benzene rings is 2. The summed E-state index contributed by atoms with van der Waals surface area (Å²) in [4.78, 5) is 35.2. The Morgan fingerprint density at radius 2 is 1.40 bits per heavy atom. The number of carbonyl (C=O) groups excluding carboxylic acids is 1. The maximum Gasteiger partial charge on any atom is 0.319 e. The molecule has 160 valence electrons. The van der Waals surface area contributed by atoms with Gasteiger partial charge in [-0.3, -0.25) is 14.4 Å². The molecule has 0 saturated heterocycles. The molecule has 0 radical (unpaired) electrons. The molecule has 2 N–H and O–H groups in total. The number of esters is 1. The first-order chi connectivity index (χ1) is 14.4. The van der Waals surface area contributed by atoms with Crippen molar-refractivity contribution in [3.05, 3.63) is 71.8 Å². The number of carboxylic acids is 2. The van der Waals surface area contributed by atoms with E-state index in [0.29, 0.717) is 36.8 Å². The first-order valence-electron chi connectivity index (χ1n) is 10.1. The van der Waals surface area contributed by atoms with E-state index >= 15 is 0 Å². The SMILES string of the molecule is CC(=O)OCC(CCCCCC(=O)O)C(C(=O)O)(c1ccccc1)c1ccccc1. The number of rotatable bonds is 12. The van der Waals surface area contributed by atoms with Crippen molar-refractivity contribution in [1.82, 2.24) is 0 Å². The van der Waals surface area contributed by atoms with Crippen LogP contribution in [-0.4, -0.2) is 34.7 Å². The van der Waals surface area contributed by atoms with E-state index in [1.807, 2.05) is 12.1 Å². The van der Waals surface area contributed by atoms with Crippen molar-refractivity contribution >= 4 is 17.9 Å². The smallest absolute Gasteiger partial charge is 0.319 e. The third-order valence-electron chi connectivity index (χ3n) is 5.34. The zero-order valence-corrected chi connectivity index (χ0v) is 17.1. The Balaban J connectivity index is 2.47. The van der Waals surface area contributed by atoms with E-state index in [1.165, 1.54) is 6.92 Å². The first kappa shape index (κ1) is 23.1. The molecule has 0 aromatic heterocycles. The van der Waals surface area contributed by atoms with Crippen LogP contribution < -0.4 is 0 Å². The topological polar surface area (TPSA) is 101 Å². The van der Waals surface area contributed by atoms with E-state index in [9.17, 15) is 19.5 Å². The summed E-state index contributed by atoms with van der Waals surface area (Å²) in [5, 5.41) is 19.4. The number of hydrogen-bond acceptors (Lipinski definition) is 4. The molecule has 0 aliphatic heterocycles. The van der Waals surface area contributed by atoms with Crippen molar-refractivity contribution in [2.75, 3.05) is 6.61 Å². The molecule has 1 atom stereocenters. The molecular formula is C24H28O6. The van der Waals surface area contributed by atoms with Gasteiger partial charge in [0.25, 0.3) is 0 Å². The Bertz CT molecular complexity index is 792. The van der Waals surface area contributed by atoms with Crippen LogP contribution in [0.15, 0.2) is 60.7 Å². The monoisotopic (exact) mass is 412 g/mol. The predicted octanol–water partition coefficient (Wildman–Crippen LogP) is 4.27. The Labute approximate surface area is 176 Å². The normalized spacial score (nSPS) is 12.2. The van der Waals surface area contributed by atoms with Gasteiger partial charge in [-0.15, -0.1) is 0 Å². The quantitative estimate of drug-likeness (QED) is 0.399. The molecule has 0 aliphatic carbocycles. The lowest BCUT2D eigenvalue weighted by Gasteiger charge is -2.38. The number of unbranched alkanes of at least 4 members (excludes halogenated alkanes) is 2. The summed E-state index contributed by atoms with van der Waals surface area (Å²) in [5.41, 5.74) is -0.164. The Morgan fingerprint density at radius 1 is 0.867 bits per heavy atom. The van der Waals surface area contributed by atoms with Gasteiger partial charge in [0.05, 0.1) is 6.61 Å². The predicted molar refractivity (Wildman–Crippen MR) is 112 cm³/mol. The second kappa shape index (κ2) is 11.1. The Hall–Kier alpha value is -3.15. The second-order valence-corrected chi connectivity index (χ2v) is 7.34. The van der Waals surface area contributed by atoms with E-state index < -0.39 is 29.2 Å². The molecule has 0 bridgehead atoms. The third kappa shape index (κ3) is 5.69. The van der Waals surface area contributed by atoms with E-state index in [4.69, 9.17) is 9.84 Å². The largest absolute Gasteiger partial charge is 0.481 e. The molecule has 30 heavy (non-hydrogen) atoms. The minimum atomic E-state index is -1.40. The molecule has 0 fully saturated rings. The summed E-state index contributed by atoms with van der Waals surface area (Å²) in [6, 6.07) is 18.0. The standard InChI is InChI=1S/C24H28O6/c1-18(25)30-17-21(15-9-4-10-16-22(26)27)24(23(28)29,19-11-5-2-6-12-19)20-13-7-3-8-14-20/h2-3,5-8,11-14,21H,4,9-10,15-17H2,1H3,(H,26,27)(H,28,29). The van der Waals surface area contributed by atoms with E-state index in [-0.39, 0.29) is 13.0 Å². The minimum absolute atomic E-state index is 0.0373. The fourth-order valence-corrected chi connectivity index (χ4v) is 3.95. The molecule has 0 spiro atoms. The molecule has 0 amide bonds. The zero-order valence-electron chi connectivity index (χ0n) is 17.1. The number of ether oxygens (including phenoxy) is 1. The zero-order chi connectivity index (χ0) is 22.0. The second-order valence-electron chi connectivity index (χ2n) is 7.34. The molecule has 2 aromatic rings. The van der Waals surface area contributed by atoms with Crippen molar-refractivity contribution in [2.24, 2.45) is 5.92 Å². The summed E-state index contributed by atoms with van der Waals surface area (Å²) in [5.74, 6) is -2.85. The van der Waals surface area contributed by atoms with Crippen LogP contribution in [0, 0.1) is 5.92 Å². The van der Waals surface area contributed by atoms with Gasteiger partial charge in [-0.1, -0.05) is 73.5 Å². The highest BCUT2D eigenvalue weighted by Gasteiger charge is 2.49. The summed E-state index contributed by atoms with van der Waals surface area (Å²) < 4.78 is 5.30. The van der Waals surface area contributed by atoms with Crippen molar-refractivity contribution in [1.29, 1.82) is 0 Å². The summed E-state index contributed by atoms with van der Waals surface area (Å²) in [6.07, 6.45) is 2.36. The average Bonchev–Trinajstić information content (AvgIpc) is 2.72. The molecule has 1 unspecified atom stereocenters. The van der Waals surface area contributed by atoms with Gasteiger partial charge in [-0.05, 0) is 24.0 Å². The van der Waals surface area contributed by atoms with Crippen LogP contribution in [0.4, 0.5) is 0 Å². The highest BCUT2D eigenvalue weighted by Crippen LogP contribution is 2.42. The van der Waals surface area contributed by atoms with Crippen LogP contribution in [0.25, 0.3) is 0 Å². The van der Waals surface area contributed by atoms with Gasteiger partial charge in [0.2, 0.25) is 0 Å². The molecule has 0 aliphatic rings. The van der Waals surface area contributed by atoms with Gasteiger partial charge >= 0.3 is 17.9 Å². The van der Waals surface area contributed by atoms with Crippen LogP contribution in [0.1, 0.15) is 50.2 Å².